The van der Waals surface area contributed by atoms with Crippen LogP contribution in [0.1, 0.15) is 40.2 Å². The average molecular weight is 343 g/mol. The highest BCUT2D eigenvalue weighted by molar-refractivity contribution is 5.92. The van der Waals surface area contributed by atoms with Crippen LogP contribution in [-0.2, 0) is 13.1 Å². The molecule has 1 aromatic carbocycles. The van der Waals surface area contributed by atoms with Gasteiger partial charge in [-0.3, -0.25) is 9.69 Å². The summed E-state index contributed by atoms with van der Waals surface area (Å²) >= 11 is 0. The van der Waals surface area contributed by atoms with E-state index in [0.717, 1.165) is 31.5 Å². The number of amides is 1. The second-order valence-corrected chi connectivity index (χ2v) is 6.83. The zero-order valence-electron chi connectivity index (χ0n) is 14.8. The van der Waals surface area contributed by atoms with Gasteiger partial charge in [0.1, 0.15) is 0 Å². The van der Waals surface area contributed by atoms with Crippen LogP contribution >= 0.6 is 0 Å². The fraction of sp³-hybridized carbons (Fsp3) is 0.474. The highest BCUT2D eigenvalue weighted by atomic mass is 16.5. The molecule has 0 radical (unpaired) electrons. The monoisotopic (exact) mass is 343 g/mol. The Hall–Kier alpha value is -2.18. The molecule has 0 saturated carbocycles. The number of likely N-dealkylation sites (tertiary alicyclic amines) is 1. The van der Waals surface area contributed by atoms with Crippen molar-refractivity contribution >= 4 is 5.91 Å². The first-order chi connectivity index (χ1) is 12.0. The van der Waals surface area contributed by atoms with E-state index in [4.69, 9.17) is 4.52 Å². The van der Waals surface area contributed by atoms with Gasteiger partial charge >= 0.3 is 0 Å². The first-order valence-corrected chi connectivity index (χ1v) is 8.68. The molecule has 0 unspecified atom stereocenters. The molecule has 1 fully saturated rings. The molecule has 0 bridgehead atoms. The summed E-state index contributed by atoms with van der Waals surface area (Å²) in [6.45, 7) is 4.86. The minimum atomic E-state index is -0.196. The third kappa shape index (κ3) is 4.67. The zero-order valence-corrected chi connectivity index (χ0v) is 14.8. The molecular formula is C19H25N3O3. The lowest BCUT2D eigenvalue weighted by atomic mass is 10.1. The van der Waals surface area contributed by atoms with Gasteiger partial charge in [-0.05, 0) is 25.3 Å². The number of carbonyl (C=O) groups is 1. The summed E-state index contributed by atoms with van der Waals surface area (Å²) < 4.78 is 5.33. The highest BCUT2D eigenvalue weighted by Gasteiger charge is 2.21. The van der Waals surface area contributed by atoms with Crippen LogP contribution in [0.5, 0.6) is 0 Å². The van der Waals surface area contributed by atoms with Crippen LogP contribution in [0.2, 0.25) is 0 Å². The van der Waals surface area contributed by atoms with Crippen LogP contribution in [0, 0.1) is 6.92 Å². The van der Waals surface area contributed by atoms with Crippen molar-refractivity contribution in [2.45, 2.75) is 39.0 Å². The second kappa shape index (κ2) is 7.80. The minimum absolute atomic E-state index is 0.148. The fourth-order valence-corrected chi connectivity index (χ4v) is 3.02. The zero-order chi connectivity index (χ0) is 17.8. The van der Waals surface area contributed by atoms with E-state index in [1.165, 1.54) is 5.56 Å². The van der Waals surface area contributed by atoms with E-state index in [1.54, 1.807) is 18.0 Å². The average Bonchev–Trinajstić information content (AvgIpc) is 3.07. The number of aliphatic hydroxyl groups is 1. The number of hydrogen-bond acceptors (Lipinski definition) is 5. The summed E-state index contributed by atoms with van der Waals surface area (Å²) in [6.07, 6.45) is 1.36. The van der Waals surface area contributed by atoms with Gasteiger partial charge in [-0.25, -0.2) is 0 Å². The SMILES string of the molecule is Cc1ccc(CN(C)C(=O)c2cc(CN3CCC(O)CC3)on2)cc1. The van der Waals surface area contributed by atoms with Crippen LogP contribution < -0.4 is 0 Å². The summed E-state index contributed by atoms with van der Waals surface area (Å²) in [5, 5.41) is 13.5. The third-order valence-electron chi connectivity index (χ3n) is 4.60. The number of carbonyl (C=O) groups excluding carboxylic acids is 1. The second-order valence-electron chi connectivity index (χ2n) is 6.83. The van der Waals surface area contributed by atoms with E-state index >= 15 is 0 Å². The smallest absolute Gasteiger partial charge is 0.276 e. The van der Waals surface area contributed by atoms with Crippen molar-refractivity contribution in [1.82, 2.24) is 15.0 Å². The summed E-state index contributed by atoms with van der Waals surface area (Å²) in [5.74, 6) is 0.535. The van der Waals surface area contributed by atoms with E-state index in [1.807, 2.05) is 31.2 Å². The van der Waals surface area contributed by atoms with Gasteiger partial charge in [0.05, 0.1) is 12.6 Å². The molecule has 1 aliphatic heterocycles. The molecule has 1 aliphatic rings. The first-order valence-electron chi connectivity index (χ1n) is 8.68. The number of benzene rings is 1. The molecule has 0 aliphatic carbocycles. The third-order valence-corrected chi connectivity index (χ3v) is 4.60. The van der Waals surface area contributed by atoms with Gasteiger partial charge in [0, 0.05) is 32.7 Å². The number of aliphatic hydroxyl groups excluding tert-OH is 1. The van der Waals surface area contributed by atoms with Gasteiger partial charge in [-0.2, -0.15) is 0 Å². The largest absolute Gasteiger partial charge is 0.393 e. The molecule has 1 N–H and O–H groups in total. The highest BCUT2D eigenvalue weighted by Crippen LogP contribution is 2.15. The van der Waals surface area contributed by atoms with Crippen molar-refractivity contribution in [2.24, 2.45) is 0 Å². The Morgan fingerprint density at radius 3 is 2.68 bits per heavy atom. The quantitative estimate of drug-likeness (QED) is 0.901. The molecule has 6 nitrogen and oxygen atoms in total. The Bertz CT molecular complexity index is 703. The number of nitrogens with zero attached hydrogens (tertiary/aromatic N) is 3. The summed E-state index contributed by atoms with van der Waals surface area (Å²) in [5.41, 5.74) is 2.61. The Kier molecular flexibility index (Phi) is 5.50. The molecule has 0 spiro atoms. The molecule has 1 amide bonds. The number of aromatic nitrogens is 1. The van der Waals surface area contributed by atoms with Crippen LogP contribution in [0.15, 0.2) is 34.9 Å². The van der Waals surface area contributed by atoms with Crippen LogP contribution in [-0.4, -0.2) is 52.2 Å². The van der Waals surface area contributed by atoms with Gasteiger partial charge in [0.2, 0.25) is 0 Å². The number of rotatable bonds is 5. The van der Waals surface area contributed by atoms with Crippen molar-refractivity contribution < 1.29 is 14.4 Å². The lowest BCUT2D eigenvalue weighted by molar-refractivity contribution is 0.0743. The Morgan fingerprint density at radius 2 is 2.00 bits per heavy atom. The van der Waals surface area contributed by atoms with Crippen molar-refractivity contribution in [1.29, 1.82) is 0 Å². The van der Waals surface area contributed by atoms with E-state index in [-0.39, 0.29) is 12.0 Å². The Morgan fingerprint density at radius 1 is 1.32 bits per heavy atom. The van der Waals surface area contributed by atoms with Gasteiger partial charge in [0.25, 0.3) is 5.91 Å². The Labute approximate surface area is 148 Å². The molecular weight excluding hydrogens is 318 g/mol. The summed E-state index contributed by atoms with van der Waals surface area (Å²) in [6, 6.07) is 9.85. The maximum absolute atomic E-state index is 12.5. The van der Waals surface area contributed by atoms with Crippen molar-refractivity contribution in [2.75, 3.05) is 20.1 Å². The van der Waals surface area contributed by atoms with E-state index in [2.05, 4.69) is 10.1 Å². The summed E-state index contributed by atoms with van der Waals surface area (Å²) in [7, 11) is 1.77. The van der Waals surface area contributed by atoms with Gasteiger partial charge in [0.15, 0.2) is 11.5 Å². The van der Waals surface area contributed by atoms with Crippen molar-refractivity contribution in [3.63, 3.8) is 0 Å². The fourth-order valence-electron chi connectivity index (χ4n) is 3.02. The van der Waals surface area contributed by atoms with Crippen LogP contribution in [0.4, 0.5) is 0 Å². The Balaban J connectivity index is 1.57. The minimum Gasteiger partial charge on any atom is -0.393 e. The van der Waals surface area contributed by atoms with Gasteiger partial charge < -0.3 is 14.5 Å². The normalized spacial score (nSPS) is 16.1. The molecule has 25 heavy (non-hydrogen) atoms. The van der Waals surface area contributed by atoms with Crippen LogP contribution in [0.25, 0.3) is 0 Å². The molecule has 2 aromatic rings. The lowest BCUT2D eigenvalue weighted by Crippen LogP contribution is -2.35. The number of piperidine rings is 1. The number of aryl methyl sites for hydroxylation is 1. The summed E-state index contributed by atoms with van der Waals surface area (Å²) in [4.78, 5) is 16.4. The van der Waals surface area contributed by atoms with Crippen molar-refractivity contribution in [3.05, 3.63) is 52.9 Å². The predicted octanol–water partition coefficient (Wildman–Crippen LogP) is 2.21. The maximum Gasteiger partial charge on any atom is 0.276 e. The molecule has 6 heteroatoms. The molecule has 3 rings (SSSR count). The molecule has 2 heterocycles. The molecule has 134 valence electrons. The lowest BCUT2D eigenvalue weighted by Gasteiger charge is -2.28. The molecule has 1 saturated heterocycles. The first kappa shape index (κ1) is 17.6. The van der Waals surface area contributed by atoms with E-state index in [0.29, 0.717) is 24.5 Å². The maximum atomic E-state index is 12.5. The van der Waals surface area contributed by atoms with Crippen LogP contribution in [0.3, 0.4) is 0 Å². The van der Waals surface area contributed by atoms with Gasteiger partial charge in [-0.1, -0.05) is 35.0 Å². The van der Waals surface area contributed by atoms with Crippen molar-refractivity contribution in [3.8, 4) is 0 Å². The molecule has 0 atom stereocenters. The predicted molar refractivity (Wildman–Crippen MR) is 94.0 cm³/mol. The van der Waals surface area contributed by atoms with E-state index in [9.17, 15) is 9.90 Å². The standard InChI is InChI=1S/C19H25N3O3/c1-14-3-5-15(6-4-14)12-21(2)19(24)18-11-17(25-20-18)13-22-9-7-16(23)8-10-22/h3-6,11,16,23H,7-10,12-13H2,1-2H3. The van der Waals surface area contributed by atoms with E-state index < -0.39 is 0 Å². The van der Waals surface area contributed by atoms with Gasteiger partial charge in [-0.15, -0.1) is 0 Å². The topological polar surface area (TPSA) is 69.8 Å². The number of hydrogen-bond donors (Lipinski definition) is 1. The molecule has 1 aromatic heterocycles.